The summed E-state index contributed by atoms with van der Waals surface area (Å²) in [7, 11) is -2.27. The number of hydrogen-bond donors (Lipinski definition) is 3. The van der Waals surface area contributed by atoms with Crippen LogP contribution in [0.5, 0.6) is 0 Å². The van der Waals surface area contributed by atoms with Gasteiger partial charge in [0.1, 0.15) is 7.80 Å². The van der Waals surface area contributed by atoms with Crippen LogP contribution < -0.4 is 0 Å². The topological polar surface area (TPSA) is 77.8 Å². The van der Waals surface area contributed by atoms with Crippen LogP contribution in [0.1, 0.15) is 6.42 Å². The molecule has 0 bridgehead atoms. The predicted molar refractivity (Wildman–Crippen MR) is 33.8 cm³/mol. The minimum atomic E-state index is -2.27. The maximum Gasteiger partial charge on any atom is 0.203 e. The van der Waals surface area contributed by atoms with Gasteiger partial charge >= 0.3 is 0 Å². The summed E-state index contributed by atoms with van der Waals surface area (Å²) < 4.78 is 10.5. The van der Waals surface area contributed by atoms with Crippen LogP contribution in [0.15, 0.2) is 0 Å². The maximum absolute atomic E-state index is 10.5. The second-order valence-corrected chi connectivity index (χ2v) is 3.62. The molecule has 0 saturated heterocycles. The minimum Gasteiger partial charge on any atom is -0.396 e. The van der Waals surface area contributed by atoms with Gasteiger partial charge in [-0.1, -0.05) is 0 Å². The molecule has 5 heteroatoms. The van der Waals surface area contributed by atoms with E-state index in [0.717, 1.165) is 0 Å². The van der Waals surface area contributed by atoms with Gasteiger partial charge in [0.05, 0.1) is 0 Å². The highest BCUT2D eigenvalue weighted by atomic mass is 31.1. The molecule has 0 saturated carbocycles. The molecule has 0 aliphatic heterocycles. The van der Waals surface area contributed by atoms with Crippen LogP contribution in [-0.2, 0) is 4.57 Å². The Morgan fingerprint density at radius 2 is 2.00 bits per heavy atom. The molecular formula is C4H11O4P. The molecule has 0 aromatic rings. The monoisotopic (exact) mass is 154 g/mol. The standard InChI is InChI=1S/C4H11O4P/c5-2-1-3-9(8)4(6)7/h4-7,9H,1-3H2. The summed E-state index contributed by atoms with van der Waals surface area (Å²) in [4.78, 5) is 0. The van der Waals surface area contributed by atoms with E-state index >= 15 is 0 Å². The first-order chi connectivity index (χ1) is 4.18. The molecule has 0 spiro atoms. The largest absolute Gasteiger partial charge is 0.396 e. The second-order valence-electron chi connectivity index (χ2n) is 1.67. The Bertz CT molecular complexity index is 92.6. The smallest absolute Gasteiger partial charge is 0.203 e. The van der Waals surface area contributed by atoms with E-state index < -0.39 is 13.8 Å². The van der Waals surface area contributed by atoms with Crippen molar-refractivity contribution in [2.45, 2.75) is 12.5 Å². The van der Waals surface area contributed by atoms with Gasteiger partial charge in [0.2, 0.25) is 6.03 Å². The molecule has 0 fully saturated rings. The fraction of sp³-hybridized carbons (Fsp3) is 1.00. The average molecular weight is 154 g/mol. The van der Waals surface area contributed by atoms with Gasteiger partial charge in [-0.3, -0.25) is 0 Å². The summed E-state index contributed by atoms with van der Waals surface area (Å²) in [5.74, 6) is 0. The summed E-state index contributed by atoms with van der Waals surface area (Å²) in [6, 6.07) is -1.69. The van der Waals surface area contributed by atoms with E-state index in [9.17, 15) is 4.57 Å². The van der Waals surface area contributed by atoms with Gasteiger partial charge in [-0.15, -0.1) is 0 Å². The lowest BCUT2D eigenvalue weighted by Gasteiger charge is -2.00. The zero-order valence-electron chi connectivity index (χ0n) is 4.95. The quantitative estimate of drug-likeness (QED) is 0.366. The zero-order chi connectivity index (χ0) is 7.28. The second kappa shape index (κ2) is 4.94. The molecule has 4 nitrogen and oxygen atoms in total. The highest BCUT2D eigenvalue weighted by molar-refractivity contribution is 7.44. The Hall–Kier alpha value is 0.110. The van der Waals surface area contributed by atoms with Crippen molar-refractivity contribution in [3.63, 3.8) is 0 Å². The third-order valence-electron chi connectivity index (χ3n) is 0.869. The molecule has 0 aliphatic carbocycles. The van der Waals surface area contributed by atoms with Gasteiger partial charge < -0.3 is 19.9 Å². The Morgan fingerprint density at radius 1 is 1.44 bits per heavy atom. The first kappa shape index (κ1) is 9.11. The third-order valence-corrected chi connectivity index (χ3v) is 2.29. The molecule has 0 heterocycles. The van der Waals surface area contributed by atoms with Crippen molar-refractivity contribution in [2.75, 3.05) is 12.8 Å². The van der Waals surface area contributed by atoms with Crippen molar-refractivity contribution in [2.24, 2.45) is 0 Å². The average Bonchev–Trinajstić information content (AvgIpc) is 1.82. The Kier molecular flexibility index (Phi) is 5.00. The van der Waals surface area contributed by atoms with E-state index in [0.29, 0.717) is 6.42 Å². The summed E-state index contributed by atoms with van der Waals surface area (Å²) >= 11 is 0. The fourth-order valence-corrected chi connectivity index (χ4v) is 1.15. The lowest BCUT2D eigenvalue weighted by Crippen LogP contribution is -1.99. The van der Waals surface area contributed by atoms with Gasteiger partial charge in [-0.05, 0) is 6.42 Å². The van der Waals surface area contributed by atoms with E-state index in [-0.39, 0.29) is 12.8 Å². The molecule has 0 aliphatic rings. The molecular weight excluding hydrogens is 143 g/mol. The Labute approximate surface area is 53.9 Å². The van der Waals surface area contributed by atoms with E-state index in [1.807, 2.05) is 0 Å². The number of aliphatic hydroxyl groups is 3. The van der Waals surface area contributed by atoms with Crippen LogP contribution in [0.25, 0.3) is 0 Å². The predicted octanol–water partition coefficient (Wildman–Crippen LogP) is -0.803. The van der Waals surface area contributed by atoms with Crippen molar-refractivity contribution in [3.8, 4) is 0 Å². The molecule has 0 rings (SSSR count). The SMILES string of the molecule is O=[PH](CCCO)C(O)O. The molecule has 56 valence electrons. The Morgan fingerprint density at radius 3 is 2.33 bits per heavy atom. The van der Waals surface area contributed by atoms with Gasteiger partial charge in [0.25, 0.3) is 0 Å². The van der Waals surface area contributed by atoms with Crippen molar-refractivity contribution in [1.29, 1.82) is 0 Å². The minimum absolute atomic E-state index is 0.0525. The lowest BCUT2D eigenvalue weighted by atomic mass is 10.5. The molecule has 0 aromatic carbocycles. The van der Waals surface area contributed by atoms with E-state index in [4.69, 9.17) is 15.3 Å². The van der Waals surface area contributed by atoms with Crippen molar-refractivity contribution in [3.05, 3.63) is 0 Å². The molecule has 3 N–H and O–H groups in total. The number of hydrogen-bond acceptors (Lipinski definition) is 4. The van der Waals surface area contributed by atoms with E-state index in [2.05, 4.69) is 0 Å². The zero-order valence-corrected chi connectivity index (χ0v) is 5.95. The van der Waals surface area contributed by atoms with Crippen LogP contribution in [0.2, 0.25) is 0 Å². The summed E-state index contributed by atoms with van der Waals surface area (Å²) in [6.07, 6.45) is 0.578. The van der Waals surface area contributed by atoms with Crippen LogP contribution in [0, 0.1) is 0 Å². The van der Waals surface area contributed by atoms with E-state index in [1.165, 1.54) is 0 Å². The first-order valence-corrected chi connectivity index (χ1v) is 4.37. The van der Waals surface area contributed by atoms with Gasteiger partial charge in [-0.2, -0.15) is 0 Å². The van der Waals surface area contributed by atoms with Crippen LogP contribution in [-0.4, -0.2) is 34.1 Å². The lowest BCUT2D eigenvalue weighted by molar-refractivity contribution is 0.0320. The van der Waals surface area contributed by atoms with Gasteiger partial charge in [-0.25, -0.2) is 0 Å². The molecule has 0 radical (unpaired) electrons. The van der Waals surface area contributed by atoms with Crippen molar-refractivity contribution < 1.29 is 19.9 Å². The van der Waals surface area contributed by atoms with Crippen LogP contribution in [0.3, 0.4) is 0 Å². The maximum atomic E-state index is 10.5. The summed E-state index contributed by atoms with van der Waals surface area (Å²) in [6.45, 7) is -0.0525. The molecule has 0 aromatic heterocycles. The van der Waals surface area contributed by atoms with Gasteiger partial charge in [0.15, 0.2) is 0 Å². The fourth-order valence-electron chi connectivity index (χ4n) is 0.382. The summed E-state index contributed by atoms with van der Waals surface area (Å²) in [5, 5.41) is 24.7. The number of aliphatic hydroxyl groups excluding tert-OH is 2. The van der Waals surface area contributed by atoms with Gasteiger partial charge in [0, 0.05) is 12.8 Å². The number of rotatable bonds is 4. The van der Waals surface area contributed by atoms with Crippen LogP contribution >= 0.6 is 7.80 Å². The third kappa shape index (κ3) is 4.60. The highest BCUT2D eigenvalue weighted by Crippen LogP contribution is 2.24. The molecule has 0 amide bonds. The van der Waals surface area contributed by atoms with Crippen LogP contribution in [0.4, 0.5) is 0 Å². The summed E-state index contributed by atoms with van der Waals surface area (Å²) in [5.41, 5.74) is 0. The normalized spacial score (nSPS) is 14.2. The van der Waals surface area contributed by atoms with Crippen molar-refractivity contribution in [1.82, 2.24) is 0 Å². The molecule has 1 atom stereocenters. The highest BCUT2D eigenvalue weighted by Gasteiger charge is 2.06. The van der Waals surface area contributed by atoms with Crippen molar-refractivity contribution >= 4 is 7.80 Å². The van der Waals surface area contributed by atoms with E-state index in [1.54, 1.807) is 0 Å². The molecule has 1 unspecified atom stereocenters. The molecule has 9 heavy (non-hydrogen) atoms. The Balaban J connectivity index is 3.28. The first-order valence-electron chi connectivity index (χ1n) is 2.68.